The standard InChI is InChI=1S/C26H42O3Si/c1-20(2)23(29-30(7,8)25(3,4)5)15-17-26(19-21-12-10-9-11-13-21)16-14-22(28-6)18-24(26)27/h9-13,18,20,23H,14-17,19H2,1-8H3/t23-,26+/m0/s1. The Morgan fingerprint density at radius 3 is 2.27 bits per heavy atom. The summed E-state index contributed by atoms with van der Waals surface area (Å²) < 4.78 is 12.2. The van der Waals surface area contributed by atoms with E-state index in [0.29, 0.717) is 5.92 Å². The highest BCUT2D eigenvalue weighted by atomic mass is 28.4. The Kier molecular flexibility index (Phi) is 8.14. The second-order valence-electron chi connectivity index (χ2n) is 10.8. The number of hydrogen-bond acceptors (Lipinski definition) is 3. The van der Waals surface area contributed by atoms with Crippen LogP contribution in [0.3, 0.4) is 0 Å². The van der Waals surface area contributed by atoms with E-state index in [1.807, 2.05) is 6.07 Å². The lowest BCUT2D eigenvalue weighted by Gasteiger charge is -2.42. The van der Waals surface area contributed by atoms with Gasteiger partial charge in [0.15, 0.2) is 14.1 Å². The molecule has 168 valence electrons. The van der Waals surface area contributed by atoms with Gasteiger partial charge in [0.05, 0.1) is 12.9 Å². The van der Waals surface area contributed by atoms with Crippen molar-refractivity contribution >= 4 is 14.1 Å². The lowest BCUT2D eigenvalue weighted by Crippen LogP contribution is -2.46. The molecule has 4 heteroatoms. The highest BCUT2D eigenvalue weighted by Crippen LogP contribution is 2.43. The van der Waals surface area contributed by atoms with Gasteiger partial charge in [0.1, 0.15) is 0 Å². The molecular weight excluding hydrogens is 388 g/mol. The van der Waals surface area contributed by atoms with E-state index >= 15 is 0 Å². The van der Waals surface area contributed by atoms with E-state index in [2.05, 4.69) is 72.0 Å². The molecule has 2 rings (SSSR count). The maximum absolute atomic E-state index is 13.3. The summed E-state index contributed by atoms with van der Waals surface area (Å²) in [5.41, 5.74) is 0.861. The van der Waals surface area contributed by atoms with Crippen molar-refractivity contribution in [3.63, 3.8) is 0 Å². The maximum Gasteiger partial charge on any atom is 0.192 e. The smallest absolute Gasteiger partial charge is 0.192 e. The predicted molar refractivity (Wildman–Crippen MR) is 128 cm³/mol. The lowest BCUT2D eigenvalue weighted by molar-refractivity contribution is -0.126. The maximum atomic E-state index is 13.3. The van der Waals surface area contributed by atoms with Crippen LogP contribution in [0.1, 0.15) is 65.9 Å². The Labute approximate surface area is 185 Å². The summed E-state index contributed by atoms with van der Waals surface area (Å²) in [6.45, 7) is 16.0. The molecule has 0 radical (unpaired) electrons. The lowest BCUT2D eigenvalue weighted by atomic mass is 9.68. The van der Waals surface area contributed by atoms with Crippen LogP contribution < -0.4 is 0 Å². The van der Waals surface area contributed by atoms with Crippen molar-refractivity contribution in [2.75, 3.05) is 7.11 Å². The van der Waals surface area contributed by atoms with Crippen LogP contribution in [0.2, 0.25) is 18.1 Å². The number of methoxy groups -OCH3 is 1. The summed E-state index contributed by atoms with van der Waals surface area (Å²) in [4.78, 5) is 13.3. The molecule has 0 N–H and O–H groups in total. The Morgan fingerprint density at radius 2 is 1.77 bits per heavy atom. The van der Waals surface area contributed by atoms with Gasteiger partial charge in [0, 0.05) is 24.0 Å². The highest BCUT2D eigenvalue weighted by Gasteiger charge is 2.43. The number of carbonyl (C=O) groups excluding carboxylic acids is 1. The zero-order valence-corrected chi connectivity index (χ0v) is 21.4. The van der Waals surface area contributed by atoms with E-state index in [9.17, 15) is 4.79 Å². The van der Waals surface area contributed by atoms with Gasteiger partial charge in [0.2, 0.25) is 0 Å². The molecule has 1 aromatic carbocycles. The molecule has 0 heterocycles. The number of rotatable bonds is 9. The third kappa shape index (κ3) is 6.07. The molecule has 1 aliphatic carbocycles. The molecule has 1 aliphatic rings. The third-order valence-electron chi connectivity index (χ3n) is 7.22. The zero-order valence-electron chi connectivity index (χ0n) is 20.4. The molecule has 0 fully saturated rings. The largest absolute Gasteiger partial charge is 0.501 e. The topological polar surface area (TPSA) is 35.5 Å². The van der Waals surface area contributed by atoms with Gasteiger partial charge in [-0.15, -0.1) is 0 Å². The summed E-state index contributed by atoms with van der Waals surface area (Å²) >= 11 is 0. The van der Waals surface area contributed by atoms with E-state index in [4.69, 9.17) is 9.16 Å². The monoisotopic (exact) mass is 430 g/mol. The number of hydrogen-bond donors (Lipinski definition) is 0. The SMILES string of the molecule is COC1=CC(=O)[C@](CC[C@H](O[Si](C)(C)C(C)(C)C)C(C)C)(Cc2ccccc2)CC1. The Hall–Kier alpha value is -1.39. The van der Waals surface area contributed by atoms with Crippen LogP contribution in [0.4, 0.5) is 0 Å². The van der Waals surface area contributed by atoms with E-state index in [1.54, 1.807) is 13.2 Å². The third-order valence-corrected chi connectivity index (χ3v) is 11.7. The van der Waals surface area contributed by atoms with E-state index in [1.165, 1.54) is 5.56 Å². The fourth-order valence-electron chi connectivity index (χ4n) is 4.02. The Balaban J connectivity index is 2.25. The van der Waals surface area contributed by atoms with E-state index in [-0.39, 0.29) is 22.3 Å². The minimum absolute atomic E-state index is 0.179. The van der Waals surface area contributed by atoms with Crippen molar-refractivity contribution in [3.05, 3.63) is 47.7 Å². The Morgan fingerprint density at radius 1 is 1.13 bits per heavy atom. The number of ketones is 1. The molecular formula is C26H42O3Si. The summed E-state index contributed by atoms with van der Waals surface area (Å²) in [5, 5.41) is 0.179. The summed E-state index contributed by atoms with van der Waals surface area (Å²) in [7, 11) is -0.209. The first-order chi connectivity index (χ1) is 13.9. The van der Waals surface area contributed by atoms with Crippen LogP contribution in [0, 0.1) is 11.3 Å². The molecule has 0 aromatic heterocycles. The number of ether oxygens (including phenoxy) is 1. The van der Waals surface area contributed by atoms with Crippen molar-refractivity contribution in [2.24, 2.45) is 11.3 Å². The van der Waals surface area contributed by atoms with Gasteiger partial charge < -0.3 is 9.16 Å². The van der Waals surface area contributed by atoms with Gasteiger partial charge in [-0.3, -0.25) is 4.79 Å². The van der Waals surface area contributed by atoms with Crippen molar-refractivity contribution in [3.8, 4) is 0 Å². The first-order valence-corrected chi connectivity index (χ1v) is 14.3. The van der Waals surface area contributed by atoms with Gasteiger partial charge in [-0.05, 0) is 55.3 Å². The van der Waals surface area contributed by atoms with Crippen LogP contribution in [0.15, 0.2) is 42.2 Å². The van der Waals surface area contributed by atoms with Gasteiger partial charge in [-0.1, -0.05) is 65.0 Å². The quantitative estimate of drug-likeness (QED) is 0.398. The molecule has 0 saturated heterocycles. The van der Waals surface area contributed by atoms with E-state index < -0.39 is 8.32 Å². The number of allylic oxidation sites excluding steroid dienone is 2. The molecule has 2 atom stereocenters. The predicted octanol–water partition coefficient (Wildman–Crippen LogP) is 6.94. The summed E-state index contributed by atoms with van der Waals surface area (Å²) in [6, 6.07) is 10.4. The fraction of sp³-hybridized carbons (Fsp3) is 0.654. The van der Waals surface area contributed by atoms with Crippen LogP contribution in [0.25, 0.3) is 0 Å². The van der Waals surface area contributed by atoms with Crippen LogP contribution >= 0.6 is 0 Å². The van der Waals surface area contributed by atoms with Crippen LogP contribution in [-0.4, -0.2) is 27.3 Å². The first kappa shape index (κ1) is 24.9. The van der Waals surface area contributed by atoms with Gasteiger partial charge >= 0.3 is 0 Å². The van der Waals surface area contributed by atoms with Crippen LogP contribution in [-0.2, 0) is 20.4 Å². The second kappa shape index (κ2) is 9.82. The van der Waals surface area contributed by atoms with Gasteiger partial charge in [-0.25, -0.2) is 0 Å². The van der Waals surface area contributed by atoms with E-state index in [0.717, 1.165) is 37.9 Å². The summed E-state index contributed by atoms with van der Waals surface area (Å²) in [5.74, 6) is 1.45. The zero-order chi connectivity index (χ0) is 22.6. The molecule has 0 saturated carbocycles. The normalized spacial score (nSPS) is 21.5. The minimum Gasteiger partial charge on any atom is -0.501 e. The molecule has 0 amide bonds. The van der Waals surface area contributed by atoms with Gasteiger partial charge in [0.25, 0.3) is 0 Å². The summed E-state index contributed by atoms with van der Waals surface area (Å²) in [6.07, 6.45) is 6.14. The van der Waals surface area contributed by atoms with Crippen LogP contribution in [0.5, 0.6) is 0 Å². The van der Waals surface area contributed by atoms with Crippen molar-refractivity contribution in [1.29, 1.82) is 0 Å². The minimum atomic E-state index is -1.87. The average Bonchev–Trinajstić information content (AvgIpc) is 2.66. The van der Waals surface area contributed by atoms with Crippen molar-refractivity contribution < 1.29 is 14.0 Å². The number of benzene rings is 1. The number of carbonyl (C=O) groups is 1. The highest BCUT2D eigenvalue weighted by molar-refractivity contribution is 6.74. The molecule has 3 nitrogen and oxygen atoms in total. The molecule has 0 aliphatic heterocycles. The first-order valence-electron chi connectivity index (χ1n) is 11.4. The average molecular weight is 431 g/mol. The second-order valence-corrected chi connectivity index (χ2v) is 15.6. The molecule has 0 bridgehead atoms. The van der Waals surface area contributed by atoms with Crippen molar-refractivity contribution in [1.82, 2.24) is 0 Å². The molecule has 30 heavy (non-hydrogen) atoms. The fourth-order valence-corrected chi connectivity index (χ4v) is 5.52. The van der Waals surface area contributed by atoms with Gasteiger partial charge in [-0.2, -0.15) is 0 Å². The molecule has 0 unspecified atom stereocenters. The Bertz CT molecular complexity index is 730. The van der Waals surface area contributed by atoms with Crippen molar-refractivity contribution in [2.45, 2.75) is 91.0 Å². The molecule has 1 aromatic rings. The molecule has 0 spiro atoms.